The molecule has 178 valence electrons. The lowest BCUT2D eigenvalue weighted by Gasteiger charge is -2.30. The Balaban J connectivity index is 0. The predicted octanol–water partition coefficient (Wildman–Crippen LogP) is 1.60. The van der Waals surface area contributed by atoms with Gasteiger partial charge >= 0.3 is 0 Å². The van der Waals surface area contributed by atoms with Gasteiger partial charge in [-0.2, -0.15) is 0 Å². The molecule has 0 unspecified atom stereocenters. The Morgan fingerprint density at radius 2 is 1.33 bits per heavy atom. The Bertz CT molecular complexity index is 467. The predicted molar refractivity (Wildman–Crippen MR) is 133 cm³/mol. The van der Waals surface area contributed by atoms with Gasteiger partial charge in [-0.1, -0.05) is 0 Å². The molecule has 1 heterocycles. The molecule has 0 atom stereocenters. The Morgan fingerprint density at radius 1 is 0.900 bits per heavy atom. The highest BCUT2D eigenvalue weighted by atomic mass is 15.4. The fraction of sp³-hybridized carbons (Fsp3) is 0.857. The summed E-state index contributed by atoms with van der Waals surface area (Å²) in [6, 6.07) is 0. The molecule has 0 aromatic heterocycles. The first-order valence-corrected chi connectivity index (χ1v) is 11.0. The van der Waals surface area contributed by atoms with Crippen molar-refractivity contribution in [3.05, 3.63) is 0 Å². The van der Waals surface area contributed by atoms with Gasteiger partial charge in [-0.15, -0.1) is 0 Å². The van der Waals surface area contributed by atoms with E-state index >= 15 is 0 Å². The standard InChI is InChI=1S/C9H21N3.C6H13N3.C6H15N3/c1-5-11(6-2)9(10)12(7-3)8-4;1-9(2)6-7-4-3-5-8-6;1-7-6(8(2)3)9(4)5/h10H,5-8H2,1-4H3;3-5H2,1-2H3,(H,7,8);1-5H3. The van der Waals surface area contributed by atoms with Crippen molar-refractivity contribution in [2.75, 3.05) is 88.6 Å². The molecular formula is C21H49N9. The van der Waals surface area contributed by atoms with Gasteiger partial charge in [-0.25, -0.2) is 0 Å². The molecule has 30 heavy (non-hydrogen) atoms. The van der Waals surface area contributed by atoms with E-state index in [0.717, 1.165) is 57.6 Å². The lowest BCUT2D eigenvalue weighted by molar-refractivity contribution is 0.347. The van der Waals surface area contributed by atoms with Gasteiger partial charge in [-0.05, 0) is 34.1 Å². The van der Waals surface area contributed by atoms with Crippen LogP contribution < -0.4 is 5.32 Å². The Hall–Kier alpha value is -2.19. The largest absolute Gasteiger partial charge is 0.356 e. The summed E-state index contributed by atoms with van der Waals surface area (Å²) in [7, 11) is 13.7. The van der Waals surface area contributed by atoms with E-state index in [4.69, 9.17) is 5.41 Å². The van der Waals surface area contributed by atoms with Crippen LogP contribution in [0.1, 0.15) is 34.1 Å². The molecule has 0 spiro atoms. The van der Waals surface area contributed by atoms with Crippen molar-refractivity contribution in [1.82, 2.24) is 29.8 Å². The Kier molecular flexibility index (Phi) is 17.7. The molecule has 0 radical (unpaired) electrons. The average Bonchev–Trinajstić information content (AvgIpc) is 2.71. The first-order valence-electron chi connectivity index (χ1n) is 11.0. The van der Waals surface area contributed by atoms with Crippen LogP contribution in [0.4, 0.5) is 0 Å². The van der Waals surface area contributed by atoms with Crippen molar-refractivity contribution in [2.45, 2.75) is 34.1 Å². The fourth-order valence-electron chi connectivity index (χ4n) is 2.87. The smallest absolute Gasteiger partial charge is 0.195 e. The zero-order chi connectivity index (χ0) is 23.7. The normalized spacial score (nSPS) is 11.9. The number of rotatable bonds is 4. The summed E-state index contributed by atoms with van der Waals surface area (Å²) >= 11 is 0. The lowest BCUT2D eigenvalue weighted by atomic mass is 10.4. The third kappa shape index (κ3) is 12.4. The van der Waals surface area contributed by atoms with E-state index in [9.17, 15) is 0 Å². The summed E-state index contributed by atoms with van der Waals surface area (Å²) in [5.41, 5.74) is 0. The van der Waals surface area contributed by atoms with Gasteiger partial charge in [0.05, 0.1) is 0 Å². The minimum Gasteiger partial charge on any atom is -0.356 e. The van der Waals surface area contributed by atoms with E-state index in [1.165, 1.54) is 0 Å². The third-order valence-corrected chi connectivity index (χ3v) is 4.43. The quantitative estimate of drug-likeness (QED) is 0.524. The van der Waals surface area contributed by atoms with Gasteiger partial charge in [0.25, 0.3) is 0 Å². The van der Waals surface area contributed by atoms with Crippen LogP contribution in [0, 0.1) is 5.41 Å². The third-order valence-electron chi connectivity index (χ3n) is 4.43. The maximum Gasteiger partial charge on any atom is 0.195 e. The summed E-state index contributed by atoms with van der Waals surface area (Å²) in [4.78, 5) is 18.4. The highest BCUT2D eigenvalue weighted by molar-refractivity contribution is 5.80. The second kappa shape index (κ2) is 17.7. The molecule has 0 aromatic carbocycles. The van der Waals surface area contributed by atoms with Crippen molar-refractivity contribution in [3.63, 3.8) is 0 Å². The molecule has 9 nitrogen and oxygen atoms in total. The minimum atomic E-state index is 0.657. The molecule has 1 aliphatic rings. The lowest BCUT2D eigenvalue weighted by Crippen LogP contribution is -2.43. The van der Waals surface area contributed by atoms with Crippen molar-refractivity contribution in [1.29, 1.82) is 5.41 Å². The van der Waals surface area contributed by atoms with Gasteiger partial charge in [0.15, 0.2) is 17.9 Å². The van der Waals surface area contributed by atoms with Crippen molar-refractivity contribution in [3.8, 4) is 0 Å². The molecule has 1 aliphatic heterocycles. The molecule has 0 saturated heterocycles. The van der Waals surface area contributed by atoms with E-state index in [1.54, 1.807) is 7.05 Å². The van der Waals surface area contributed by atoms with Gasteiger partial charge in [0, 0.05) is 88.6 Å². The van der Waals surface area contributed by atoms with E-state index in [1.807, 2.05) is 57.0 Å². The second-order valence-electron chi connectivity index (χ2n) is 7.36. The topological polar surface area (TPSA) is 76.8 Å². The Labute approximate surface area is 186 Å². The van der Waals surface area contributed by atoms with E-state index in [0.29, 0.717) is 5.96 Å². The van der Waals surface area contributed by atoms with Gasteiger partial charge in [0.2, 0.25) is 0 Å². The van der Waals surface area contributed by atoms with Crippen molar-refractivity contribution >= 4 is 17.9 Å². The molecule has 0 saturated carbocycles. The van der Waals surface area contributed by atoms with Crippen LogP contribution >= 0.6 is 0 Å². The van der Waals surface area contributed by atoms with Crippen LogP contribution in [-0.4, -0.2) is 131 Å². The van der Waals surface area contributed by atoms with Crippen molar-refractivity contribution < 1.29 is 0 Å². The molecule has 0 amide bonds. The van der Waals surface area contributed by atoms with Gasteiger partial charge in [0.1, 0.15) is 0 Å². The molecular weight excluding hydrogens is 378 g/mol. The summed E-state index contributed by atoms with van der Waals surface area (Å²) in [5, 5.41) is 11.0. The summed E-state index contributed by atoms with van der Waals surface area (Å²) in [5.74, 6) is 2.65. The second-order valence-corrected chi connectivity index (χ2v) is 7.36. The van der Waals surface area contributed by atoms with Crippen molar-refractivity contribution in [2.24, 2.45) is 9.98 Å². The number of hydrogen-bond donors (Lipinski definition) is 2. The van der Waals surface area contributed by atoms with Crippen LogP contribution in [0.5, 0.6) is 0 Å². The van der Waals surface area contributed by atoms with E-state index in [2.05, 4.69) is 52.8 Å². The molecule has 0 fully saturated rings. The van der Waals surface area contributed by atoms with Crippen LogP contribution in [0.3, 0.4) is 0 Å². The summed E-state index contributed by atoms with van der Waals surface area (Å²) in [6.07, 6.45) is 1.16. The zero-order valence-corrected chi connectivity index (χ0v) is 21.6. The number of nitrogens with one attached hydrogen (secondary N) is 2. The average molecular weight is 428 g/mol. The van der Waals surface area contributed by atoms with E-state index in [-0.39, 0.29) is 0 Å². The first-order chi connectivity index (χ1) is 14.1. The fourth-order valence-corrected chi connectivity index (χ4v) is 2.87. The van der Waals surface area contributed by atoms with E-state index < -0.39 is 0 Å². The minimum absolute atomic E-state index is 0.657. The van der Waals surface area contributed by atoms with Crippen LogP contribution in [0.2, 0.25) is 0 Å². The summed E-state index contributed by atoms with van der Waals surface area (Å²) < 4.78 is 0. The maximum atomic E-state index is 7.86. The SMILES string of the molecule is CCN(CC)C(=N)N(CC)CC.CN(C)C1=NCCCN1.CN=C(N(C)C)N(C)C. The van der Waals surface area contributed by atoms with Crippen LogP contribution in [-0.2, 0) is 0 Å². The molecule has 0 bridgehead atoms. The maximum absolute atomic E-state index is 7.86. The molecule has 9 heteroatoms. The van der Waals surface area contributed by atoms with Crippen LogP contribution in [0.25, 0.3) is 0 Å². The molecule has 0 aromatic rings. The molecule has 1 rings (SSSR count). The highest BCUT2D eigenvalue weighted by Gasteiger charge is 2.10. The zero-order valence-electron chi connectivity index (χ0n) is 21.6. The van der Waals surface area contributed by atoms with Gasteiger partial charge < -0.3 is 29.8 Å². The number of aliphatic imine (C=N–C) groups is 2. The first kappa shape index (κ1) is 30.0. The molecule has 2 N–H and O–H groups in total. The highest BCUT2D eigenvalue weighted by Crippen LogP contribution is 1.96. The van der Waals surface area contributed by atoms with Gasteiger partial charge in [-0.3, -0.25) is 15.4 Å². The number of guanidine groups is 3. The summed E-state index contributed by atoms with van der Waals surface area (Å²) in [6.45, 7) is 14.1. The number of hydrogen-bond acceptors (Lipinski definition) is 5. The number of nitrogens with zero attached hydrogens (tertiary/aromatic N) is 7. The monoisotopic (exact) mass is 427 g/mol. The van der Waals surface area contributed by atoms with Crippen LogP contribution in [0.15, 0.2) is 9.98 Å². The molecule has 0 aliphatic carbocycles. The Morgan fingerprint density at radius 3 is 1.50 bits per heavy atom.